The summed E-state index contributed by atoms with van der Waals surface area (Å²) in [7, 11) is 0. The summed E-state index contributed by atoms with van der Waals surface area (Å²) in [5, 5.41) is 8.54. The van der Waals surface area contributed by atoms with Gasteiger partial charge in [0.15, 0.2) is 0 Å². The third-order valence-electron chi connectivity index (χ3n) is 17.3. The lowest BCUT2D eigenvalue weighted by Crippen LogP contribution is -2.34. The Morgan fingerprint density at radius 1 is 0.264 bits per heavy atom. The largest absolute Gasteiger partial charge is 0.462 e. The number of rotatable bonds is 67. The second-order valence-corrected chi connectivity index (χ2v) is 28.2. The van der Waals surface area contributed by atoms with Gasteiger partial charge in [-0.1, -0.05) is 331 Å². The standard InChI is InChI=1S/C55H75NO5.C54H74N2O4/c1-4-6-8-10-12-14-16-18-20-22-24-26-28-30-32-34-36-38-40-43-53(57)56-47-42-48-60-55(59)51-46-45-50(3)49-52(51)61-54(58)44-41-39-37-35-33-31-29-27-25-23-21-19-17-15-13-11-9-7-5-2;1-4-6-8-10-12-14-16-18-20-22-24-26-28-30-32-34-36-38-40-42-52(57)55-46-47-56-54(59)50-45-44-49(3)48-51(50)60-53(58)43-41-39-37-35-33-31-29-27-25-23-21-19-17-15-13-11-9-7-5-2/h6-9,12-15,18-21,24-27,30-33,36-39,45-46,49H,4-5,10-11,16-17,22-23,28-29,34-35,40-44,47-48H2,1-3H3,(H,56,57);6-9,12-15,18-21,24-27,30-33,36-39,44-45,48H,4-5,10-11,16-17,22-23,28-29,34-35,40-43,46-47H2,1-3H3,(H,55,57)(H,56,59)/b2*8-6-,9-7-,14-12-,15-13-,20-18-,21-19-,26-24-,27-25-,32-30-,33-31-,38-36-,39-37-. The number of allylic oxidation sites excluding steroid dienone is 48. The van der Waals surface area contributed by atoms with Crippen LogP contribution in [-0.2, 0) is 23.9 Å². The first-order chi connectivity index (χ1) is 59.4. The Morgan fingerprint density at radius 2 is 0.488 bits per heavy atom. The molecule has 0 aromatic heterocycles. The van der Waals surface area contributed by atoms with Gasteiger partial charge in [0.1, 0.15) is 17.1 Å². The number of carbonyl (C=O) groups is 6. The summed E-state index contributed by atoms with van der Waals surface area (Å²) in [6.45, 7) is 13.4. The summed E-state index contributed by atoms with van der Waals surface area (Å²) in [5.74, 6) is -1.41. The molecule has 2 aromatic rings. The van der Waals surface area contributed by atoms with E-state index in [0.29, 0.717) is 58.0 Å². The van der Waals surface area contributed by atoms with Crippen LogP contribution in [0.25, 0.3) is 0 Å². The monoisotopic (exact) mass is 1640 g/mol. The summed E-state index contributed by atoms with van der Waals surface area (Å²) < 4.78 is 16.6. The predicted molar refractivity (Wildman–Crippen MR) is 517 cm³/mol. The van der Waals surface area contributed by atoms with E-state index in [1.165, 1.54) is 0 Å². The highest BCUT2D eigenvalue weighted by molar-refractivity contribution is 5.98. The molecule has 0 fully saturated rings. The molecule has 0 saturated carbocycles. The van der Waals surface area contributed by atoms with Crippen molar-refractivity contribution in [1.82, 2.24) is 16.0 Å². The molecule has 3 N–H and O–H groups in total. The Kier molecular flexibility index (Phi) is 76.3. The molecule has 12 heteroatoms. The fraction of sp³-hybridized carbons (Fsp3) is 0.394. The topological polar surface area (TPSA) is 166 Å². The number of carbonyl (C=O) groups excluding carboxylic acids is 6. The molecule has 654 valence electrons. The van der Waals surface area contributed by atoms with Crippen molar-refractivity contribution in [2.45, 2.75) is 253 Å². The van der Waals surface area contributed by atoms with E-state index in [1.54, 1.807) is 36.4 Å². The van der Waals surface area contributed by atoms with Crippen LogP contribution in [0.1, 0.15) is 271 Å². The molecule has 0 aliphatic carbocycles. The molecule has 0 heterocycles. The number of amides is 3. The maximum atomic E-state index is 12.9. The molecule has 0 radical (unpaired) electrons. The van der Waals surface area contributed by atoms with Crippen molar-refractivity contribution in [3.05, 3.63) is 350 Å². The molecule has 2 rings (SSSR count). The minimum absolute atomic E-state index is 0.0393. The van der Waals surface area contributed by atoms with Gasteiger partial charge < -0.3 is 30.2 Å². The SMILES string of the molecule is CC/C=C\C/C=C\C/C=C\C/C=C\C/C=C\C/C=C\CCC(=O)NCCCOC(=O)c1ccc(C)cc1OC(=O)CC/C=C\C/C=C\C/C=C\C/C=C\C/C=C\C/C=C\CC.CC/C=C\C/C=C\C/C=C\C/C=C\C/C=C\C/C=C\CCC(=O)NCCNC(=O)c1ccc(C)cc1OC(=O)CC/C=C\C/C=C\C/C=C\C/C=C\C/C=C\C/C=C\CC. The quantitative estimate of drug-likeness (QED) is 0.0253. The fourth-order valence-corrected chi connectivity index (χ4v) is 10.7. The van der Waals surface area contributed by atoms with Crippen molar-refractivity contribution in [1.29, 1.82) is 0 Å². The smallest absolute Gasteiger partial charge is 0.341 e. The highest BCUT2D eigenvalue weighted by Gasteiger charge is 2.18. The Bertz CT molecular complexity index is 3870. The highest BCUT2D eigenvalue weighted by Crippen LogP contribution is 2.24. The van der Waals surface area contributed by atoms with E-state index in [1.807, 2.05) is 50.3 Å². The Hall–Kier alpha value is -11.0. The first kappa shape index (κ1) is 108. The van der Waals surface area contributed by atoms with E-state index in [9.17, 15) is 28.8 Å². The van der Waals surface area contributed by atoms with Gasteiger partial charge in [-0.25, -0.2) is 4.79 Å². The third kappa shape index (κ3) is 73.9. The van der Waals surface area contributed by atoms with Crippen LogP contribution in [0.4, 0.5) is 0 Å². The highest BCUT2D eigenvalue weighted by atomic mass is 16.6. The Balaban J connectivity index is 0.00000121. The molecular weight excluding hydrogens is 1500 g/mol. The lowest BCUT2D eigenvalue weighted by Gasteiger charge is -2.12. The van der Waals surface area contributed by atoms with Crippen LogP contribution in [0.3, 0.4) is 0 Å². The van der Waals surface area contributed by atoms with Crippen molar-refractivity contribution >= 4 is 35.6 Å². The molecule has 0 bridgehead atoms. The second kappa shape index (κ2) is 85.4. The molecule has 0 aliphatic rings. The minimum Gasteiger partial charge on any atom is -0.462 e. The number of ether oxygens (including phenoxy) is 3. The molecule has 12 nitrogen and oxygen atoms in total. The van der Waals surface area contributed by atoms with E-state index in [0.717, 1.165) is 165 Å². The third-order valence-corrected chi connectivity index (χ3v) is 17.3. The molecule has 0 aliphatic heterocycles. The molecule has 0 spiro atoms. The van der Waals surface area contributed by atoms with Crippen LogP contribution >= 0.6 is 0 Å². The number of aryl methyl sites for hydroxylation is 2. The summed E-state index contributed by atoms with van der Waals surface area (Å²) in [4.78, 5) is 75.5. The molecular formula is C109H149N3O9. The van der Waals surface area contributed by atoms with Crippen molar-refractivity contribution < 1.29 is 43.0 Å². The summed E-state index contributed by atoms with van der Waals surface area (Å²) in [5.41, 5.74) is 2.23. The van der Waals surface area contributed by atoms with Crippen LogP contribution in [0.15, 0.2) is 328 Å². The zero-order chi connectivity index (χ0) is 87.5. The molecule has 121 heavy (non-hydrogen) atoms. The summed E-state index contributed by atoms with van der Waals surface area (Å²) >= 11 is 0. The van der Waals surface area contributed by atoms with E-state index in [4.69, 9.17) is 14.2 Å². The van der Waals surface area contributed by atoms with Gasteiger partial charge in [0.2, 0.25) is 11.8 Å². The van der Waals surface area contributed by atoms with Gasteiger partial charge in [0.05, 0.1) is 12.2 Å². The zero-order valence-corrected chi connectivity index (χ0v) is 74.5. The van der Waals surface area contributed by atoms with Crippen LogP contribution in [-0.4, -0.2) is 61.9 Å². The van der Waals surface area contributed by atoms with Gasteiger partial charge in [-0.05, 0) is 235 Å². The van der Waals surface area contributed by atoms with Crippen LogP contribution in [0.5, 0.6) is 11.5 Å². The van der Waals surface area contributed by atoms with Crippen molar-refractivity contribution in [3.63, 3.8) is 0 Å². The lowest BCUT2D eigenvalue weighted by molar-refractivity contribution is -0.135. The fourth-order valence-electron chi connectivity index (χ4n) is 10.7. The Morgan fingerprint density at radius 3 is 0.760 bits per heavy atom. The second-order valence-electron chi connectivity index (χ2n) is 28.2. The number of esters is 3. The van der Waals surface area contributed by atoms with Gasteiger partial charge in [0, 0.05) is 45.3 Å². The maximum absolute atomic E-state index is 12.9. The van der Waals surface area contributed by atoms with E-state index in [2.05, 4.69) is 299 Å². The maximum Gasteiger partial charge on any atom is 0.341 e. The van der Waals surface area contributed by atoms with Gasteiger partial charge in [-0.15, -0.1) is 0 Å². The average Bonchev–Trinajstić information content (AvgIpc) is 0.849. The van der Waals surface area contributed by atoms with E-state index >= 15 is 0 Å². The number of benzene rings is 2. The van der Waals surface area contributed by atoms with E-state index in [-0.39, 0.29) is 66.3 Å². The first-order valence-corrected chi connectivity index (χ1v) is 44.7. The summed E-state index contributed by atoms with van der Waals surface area (Å²) in [6, 6.07) is 10.2. The van der Waals surface area contributed by atoms with Gasteiger partial charge in [0.25, 0.3) is 5.91 Å². The predicted octanol–water partition coefficient (Wildman–Crippen LogP) is 28.2. The first-order valence-electron chi connectivity index (χ1n) is 44.7. The number of hydrogen-bond acceptors (Lipinski definition) is 9. The van der Waals surface area contributed by atoms with Gasteiger partial charge >= 0.3 is 17.9 Å². The number of hydrogen-bond donors (Lipinski definition) is 3. The molecule has 0 atom stereocenters. The van der Waals surface area contributed by atoms with Gasteiger partial charge in [-0.3, -0.25) is 24.0 Å². The normalized spacial score (nSPS) is 12.8. The van der Waals surface area contributed by atoms with Crippen LogP contribution in [0.2, 0.25) is 0 Å². The molecule has 2 aromatic carbocycles. The minimum atomic E-state index is -0.566. The van der Waals surface area contributed by atoms with Crippen molar-refractivity contribution in [3.8, 4) is 11.5 Å². The lowest BCUT2D eigenvalue weighted by atomic mass is 10.1. The van der Waals surface area contributed by atoms with Crippen LogP contribution < -0.4 is 25.4 Å². The Labute approximate surface area is 731 Å². The molecule has 0 saturated heterocycles. The average molecular weight is 1650 g/mol. The molecule has 0 unspecified atom stereocenters. The van der Waals surface area contributed by atoms with Gasteiger partial charge in [-0.2, -0.15) is 0 Å². The van der Waals surface area contributed by atoms with Crippen LogP contribution in [0, 0.1) is 13.8 Å². The molecule has 3 amide bonds. The van der Waals surface area contributed by atoms with Crippen molar-refractivity contribution in [2.75, 3.05) is 26.2 Å². The number of nitrogens with one attached hydrogen (secondary N) is 3. The summed E-state index contributed by atoms with van der Waals surface area (Å²) in [6.07, 6.45) is 130. The van der Waals surface area contributed by atoms with Crippen molar-refractivity contribution in [2.24, 2.45) is 0 Å². The van der Waals surface area contributed by atoms with E-state index < -0.39 is 17.9 Å². The zero-order valence-electron chi connectivity index (χ0n) is 74.5.